The van der Waals surface area contributed by atoms with Crippen LogP contribution in [0.2, 0.25) is 0 Å². The second-order valence-electron chi connectivity index (χ2n) is 4.10. The van der Waals surface area contributed by atoms with Crippen molar-refractivity contribution in [3.63, 3.8) is 0 Å². The highest BCUT2D eigenvalue weighted by Gasteiger charge is 2.30. The Kier molecular flexibility index (Phi) is 3.30. The molecule has 0 fully saturated rings. The molecule has 0 aliphatic heterocycles. The molecule has 18 heavy (non-hydrogen) atoms. The molecule has 6 heteroatoms. The molecule has 0 saturated carbocycles. The van der Waals surface area contributed by atoms with Crippen molar-refractivity contribution in [1.29, 1.82) is 0 Å². The highest BCUT2D eigenvalue weighted by atomic mass is 19.4. The van der Waals surface area contributed by atoms with Crippen molar-refractivity contribution in [2.45, 2.75) is 25.6 Å². The van der Waals surface area contributed by atoms with Crippen LogP contribution >= 0.6 is 0 Å². The van der Waals surface area contributed by atoms with Gasteiger partial charge in [0.1, 0.15) is 5.82 Å². The summed E-state index contributed by atoms with van der Waals surface area (Å²) in [6.07, 6.45) is -3.52. The summed E-state index contributed by atoms with van der Waals surface area (Å²) in [6.45, 7) is 1.98. The van der Waals surface area contributed by atoms with Crippen molar-refractivity contribution in [3.05, 3.63) is 29.6 Å². The molecule has 2 N–H and O–H groups in total. The Balaban J connectivity index is 2.46. The van der Waals surface area contributed by atoms with Gasteiger partial charge in [0.25, 0.3) is 0 Å². The van der Waals surface area contributed by atoms with Crippen LogP contribution in [0.4, 0.5) is 13.2 Å². The van der Waals surface area contributed by atoms with Gasteiger partial charge in [-0.05, 0) is 31.7 Å². The zero-order valence-electron chi connectivity index (χ0n) is 10.1. The summed E-state index contributed by atoms with van der Waals surface area (Å²) in [5.74, 6) is 0.661. The molecule has 0 aliphatic rings. The predicted molar refractivity (Wildman–Crippen MR) is 63.2 cm³/mol. The van der Waals surface area contributed by atoms with Crippen LogP contribution < -0.4 is 5.32 Å². The lowest BCUT2D eigenvalue weighted by Gasteiger charge is -2.09. The molecule has 0 saturated heterocycles. The smallest absolute Gasteiger partial charge is 0.341 e. The summed E-state index contributed by atoms with van der Waals surface area (Å²) in [7, 11) is 1.79. The standard InChI is InChI=1S/C12H14F3N3/c1-3-8(16-2)11-17-9-5-4-7(12(13,14)15)6-10(9)18-11/h4-6,8,16H,3H2,1-2H3,(H,17,18). The van der Waals surface area contributed by atoms with Crippen LogP contribution in [0.1, 0.15) is 30.8 Å². The van der Waals surface area contributed by atoms with Crippen molar-refractivity contribution >= 4 is 11.0 Å². The van der Waals surface area contributed by atoms with Gasteiger partial charge in [0.05, 0.1) is 22.6 Å². The summed E-state index contributed by atoms with van der Waals surface area (Å²) in [4.78, 5) is 7.23. The van der Waals surface area contributed by atoms with Crippen LogP contribution in [-0.2, 0) is 6.18 Å². The molecule has 0 aliphatic carbocycles. The third-order valence-electron chi connectivity index (χ3n) is 2.91. The van der Waals surface area contributed by atoms with E-state index in [4.69, 9.17) is 0 Å². The van der Waals surface area contributed by atoms with E-state index in [2.05, 4.69) is 15.3 Å². The molecule has 3 nitrogen and oxygen atoms in total. The quantitative estimate of drug-likeness (QED) is 0.886. The number of benzene rings is 1. The van der Waals surface area contributed by atoms with Gasteiger partial charge in [0.2, 0.25) is 0 Å². The summed E-state index contributed by atoms with van der Waals surface area (Å²) < 4.78 is 37.7. The van der Waals surface area contributed by atoms with Crippen LogP contribution in [0, 0.1) is 0 Å². The van der Waals surface area contributed by atoms with E-state index >= 15 is 0 Å². The topological polar surface area (TPSA) is 40.7 Å². The number of halogens is 3. The average Bonchev–Trinajstić information content (AvgIpc) is 2.71. The van der Waals surface area contributed by atoms with Crippen LogP contribution in [0.25, 0.3) is 11.0 Å². The predicted octanol–water partition coefficient (Wildman–Crippen LogP) is 3.25. The van der Waals surface area contributed by atoms with E-state index in [1.165, 1.54) is 6.07 Å². The Morgan fingerprint density at radius 2 is 2.11 bits per heavy atom. The Morgan fingerprint density at radius 3 is 2.67 bits per heavy atom. The number of nitrogens with zero attached hydrogens (tertiary/aromatic N) is 1. The first kappa shape index (κ1) is 12.9. The van der Waals surface area contributed by atoms with Crippen LogP contribution in [-0.4, -0.2) is 17.0 Å². The number of imidazole rings is 1. The van der Waals surface area contributed by atoms with Crippen molar-refractivity contribution in [2.75, 3.05) is 7.05 Å². The molecular weight excluding hydrogens is 243 g/mol. The number of nitrogens with one attached hydrogen (secondary N) is 2. The van der Waals surface area contributed by atoms with Crippen LogP contribution in [0.3, 0.4) is 0 Å². The molecule has 98 valence electrons. The van der Waals surface area contributed by atoms with Gasteiger partial charge in [-0.2, -0.15) is 13.2 Å². The van der Waals surface area contributed by atoms with Crippen LogP contribution in [0.5, 0.6) is 0 Å². The summed E-state index contributed by atoms with van der Waals surface area (Å²) in [6, 6.07) is 3.55. The lowest BCUT2D eigenvalue weighted by molar-refractivity contribution is -0.137. The molecule has 1 atom stereocenters. The van der Waals surface area contributed by atoms with Gasteiger partial charge in [-0.3, -0.25) is 0 Å². The lowest BCUT2D eigenvalue weighted by atomic mass is 10.2. The Labute approximate surface area is 102 Å². The zero-order valence-corrected chi connectivity index (χ0v) is 10.1. The summed E-state index contributed by atoms with van der Waals surface area (Å²) >= 11 is 0. The van der Waals surface area contributed by atoms with E-state index in [0.717, 1.165) is 18.6 Å². The average molecular weight is 257 g/mol. The maximum atomic E-state index is 12.6. The normalized spacial score (nSPS) is 14.1. The van der Waals surface area contributed by atoms with Gasteiger partial charge in [-0.1, -0.05) is 6.92 Å². The van der Waals surface area contributed by atoms with E-state index in [0.29, 0.717) is 16.9 Å². The molecule has 1 aromatic carbocycles. The summed E-state index contributed by atoms with van der Waals surface area (Å²) in [5.41, 5.74) is 0.294. The molecule has 1 aromatic heterocycles. The minimum Gasteiger partial charge on any atom is -0.341 e. The highest BCUT2D eigenvalue weighted by molar-refractivity contribution is 5.76. The molecule has 1 unspecified atom stereocenters. The van der Waals surface area contributed by atoms with E-state index in [9.17, 15) is 13.2 Å². The van der Waals surface area contributed by atoms with E-state index in [1.54, 1.807) is 7.05 Å². The first-order chi connectivity index (χ1) is 8.45. The van der Waals surface area contributed by atoms with Gasteiger partial charge in [0.15, 0.2) is 0 Å². The third-order valence-corrected chi connectivity index (χ3v) is 2.91. The second kappa shape index (κ2) is 4.61. The first-order valence-electron chi connectivity index (χ1n) is 5.69. The second-order valence-corrected chi connectivity index (χ2v) is 4.10. The number of H-pyrrole nitrogens is 1. The van der Waals surface area contributed by atoms with Crippen molar-refractivity contribution < 1.29 is 13.2 Å². The van der Waals surface area contributed by atoms with Gasteiger partial charge in [0, 0.05) is 0 Å². The molecule has 2 aromatic rings. The number of alkyl halides is 3. The Morgan fingerprint density at radius 1 is 1.39 bits per heavy atom. The fourth-order valence-corrected chi connectivity index (χ4v) is 1.90. The number of hydrogen-bond donors (Lipinski definition) is 2. The molecule has 2 rings (SSSR count). The first-order valence-corrected chi connectivity index (χ1v) is 5.69. The molecule has 0 spiro atoms. The van der Waals surface area contributed by atoms with E-state index in [-0.39, 0.29) is 6.04 Å². The van der Waals surface area contributed by atoms with E-state index in [1.807, 2.05) is 6.92 Å². The van der Waals surface area contributed by atoms with Gasteiger partial charge in [-0.25, -0.2) is 4.98 Å². The molecular formula is C12H14F3N3. The van der Waals surface area contributed by atoms with Gasteiger partial charge in [-0.15, -0.1) is 0 Å². The largest absolute Gasteiger partial charge is 0.416 e. The number of rotatable bonds is 3. The van der Waals surface area contributed by atoms with Gasteiger partial charge >= 0.3 is 6.18 Å². The maximum absolute atomic E-state index is 12.6. The molecule has 0 radical (unpaired) electrons. The highest BCUT2D eigenvalue weighted by Crippen LogP contribution is 2.31. The fourth-order valence-electron chi connectivity index (χ4n) is 1.90. The Hall–Kier alpha value is -1.56. The fraction of sp³-hybridized carbons (Fsp3) is 0.417. The number of aromatic nitrogens is 2. The number of fused-ring (bicyclic) bond motifs is 1. The SMILES string of the molecule is CCC(NC)c1nc2ccc(C(F)(F)F)cc2[nH]1. The summed E-state index contributed by atoms with van der Waals surface area (Å²) in [5, 5.41) is 3.06. The number of hydrogen-bond acceptors (Lipinski definition) is 2. The van der Waals surface area contributed by atoms with E-state index < -0.39 is 11.7 Å². The minimum atomic E-state index is -4.33. The minimum absolute atomic E-state index is 0.0201. The third kappa shape index (κ3) is 2.33. The monoisotopic (exact) mass is 257 g/mol. The number of aromatic amines is 1. The maximum Gasteiger partial charge on any atom is 0.416 e. The Bertz CT molecular complexity index is 541. The molecule has 0 amide bonds. The van der Waals surface area contributed by atoms with Crippen molar-refractivity contribution in [1.82, 2.24) is 15.3 Å². The van der Waals surface area contributed by atoms with Crippen molar-refractivity contribution in [3.8, 4) is 0 Å². The molecule has 0 bridgehead atoms. The van der Waals surface area contributed by atoms with Crippen molar-refractivity contribution in [2.24, 2.45) is 0 Å². The van der Waals surface area contributed by atoms with Crippen LogP contribution in [0.15, 0.2) is 18.2 Å². The molecule has 1 heterocycles. The zero-order chi connectivity index (χ0) is 13.3. The lowest BCUT2D eigenvalue weighted by Crippen LogP contribution is -2.16. The van der Waals surface area contributed by atoms with Gasteiger partial charge < -0.3 is 10.3 Å².